The molecule has 0 bridgehead atoms. The van der Waals surface area contributed by atoms with Crippen LogP contribution in [0.15, 0.2) is 71.6 Å². The summed E-state index contributed by atoms with van der Waals surface area (Å²) in [5, 5.41) is 5.87. The number of hydrogen-bond acceptors (Lipinski definition) is 3. The molecule has 0 fully saturated rings. The van der Waals surface area contributed by atoms with Crippen molar-refractivity contribution in [1.82, 2.24) is 0 Å². The third-order valence-corrected chi connectivity index (χ3v) is 5.67. The number of hydrogen-bond donors (Lipinski definition) is 2. The molecule has 1 unspecified atom stereocenters. The molecule has 0 spiro atoms. The van der Waals surface area contributed by atoms with Crippen LogP contribution in [0.4, 0.5) is 15.8 Å². The first-order chi connectivity index (χ1) is 14.3. The maximum atomic E-state index is 13.0. The molecule has 0 heterocycles. The summed E-state index contributed by atoms with van der Waals surface area (Å²) >= 11 is 7.39. The van der Waals surface area contributed by atoms with E-state index in [0.717, 1.165) is 10.5 Å². The van der Waals surface area contributed by atoms with E-state index in [1.54, 1.807) is 30.3 Å². The van der Waals surface area contributed by atoms with E-state index >= 15 is 0 Å². The minimum absolute atomic E-state index is 0.147. The van der Waals surface area contributed by atoms with Gasteiger partial charge in [0.2, 0.25) is 5.91 Å². The van der Waals surface area contributed by atoms with E-state index in [-0.39, 0.29) is 17.1 Å². The Bertz CT molecular complexity index is 1070. The SMILES string of the molecule is Cc1ccc(Cl)cc1NC(=O)C(C)Sc1cccc(NC(=O)c2ccc(F)cc2)c1. The topological polar surface area (TPSA) is 58.2 Å². The Balaban J connectivity index is 1.64. The lowest BCUT2D eigenvalue weighted by molar-refractivity contribution is -0.115. The van der Waals surface area contributed by atoms with E-state index in [9.17, 15) is 14.0 Å². The Labute approximate surface area is 183 Å². The molecular formula is C23H20ClFN2O2S. The molecule has 3 aromatic rings. The van der Waals surface area contributed by atoms with Crippen molar-refractivity contribution in [3.63, 3.8) is 0 Å². The molecule has 0 aliphatic rings. The lowest BCUT2D eigenvalue weighted by Gasteiger charge is -2.14. The average molecular weight is 443 g/mol. The Hall–Kier alpha value is -2.83. The van der Waals surface area contributed by atoms with Gasteiger partial charge in [0, 0.05) is 26.9 Å². The van der Waals surface area contributed by atoms with Gasteiger partial charge in [-0.1, -0.05) is 23.7 Å². The summed E-state index contributed by atoms with van der Waals surface area (Å²) in [4.78, 5) is 25.7. The first kappa shape index (κ1) is 21.9. The Morgan fingerprint density at radius 2 is 1.73 bits per heavy atom. The van der Waals surface area contributed by atoms with Gasteiger partial charge >= 0.3 is 0 Å². The number of carbonyl (C=O) groups is 2. The molecule has 7 heteroatoms. The van der Waals surface area contributed by atoms with Crippen LogP contribution in [0, 0.1) is 12.7 Å². The predicted octanol–water partition coefficient (Wildman–Crippen LogP) is 6.16. The third-order valence-electron chi connectivity index (χ3n) is 4.34. The zero-order valence-electron chi connectivity index (χ0n) is 16.4. The molecule has 0 saturated carbocycles. The van der Waals surface area contributed by atoms with Crippen LogP contribution in [0.1, 0.15) is 22.8 Å². The van der Waals surface area contributed by atoms with Crippen molar-refractivity contribution in [2.24, 2.45) is 0 Å². The van der Waals surface area contributed by atoms with E-state index in [4.69, 9.17) is 11.6 Å². The van der Waals surface area contributed by atoms with Crippen molar-refractivity contribution in [3.05, 3.63) is 88.7 Å². The molecule has 30 heavy (non-hydrogen) atoms. The van der Waals surface area contributed by atoms with Gasteiger partial charge in [-0.2, -0.15) is 0 Å². The van der Waals surface area contributed by atoms with E-state index in [1.807, 2.05) is 26.0 Å². The van der Waals surface area contributed by atoms with Crippen LogP contribution in [0.2, 0.25) is 5.02 Å². The van der Waals surface area contributed by atoms with Crippen LogP contribution >= 0.6 is 23.4 Å². The number of aryl methyl sites for hydroxylation is 1. The molecule has 3 rings (SSSR count). The number of carbonyl (C=O) groups excluding carboxylic acids is 2. The number of anilines is 2. The monoisotopic (exact) mass is 442 g/mol. The molecule has 0 aromatic heterocycles. The summed E-state index contributed by atoms with van der Waals surface area (Å²) in [6.45, 7) is 3.71. The standard InChI is InChI=1S/C23H20ClFN2O2S/c1-14-6-9-17(24)12-21(14)27-22(28)15(2)30-20-5-3-4-19(13-20)26-23(29)16-7-10-18(25)11-8-16/h3-13,15H,1-2H3,(H,26,29)(H,27,28). The summed E-state index contributed by atoms with van der Waals surface area (Å²) in [5.74, 6) is -0.879. The normalized spacial score (nSPS) is 11.6. The second kappa shape index (κ2) is 9.78. The van der Waals surface area contributed by atoms with Crippen molar-refractivity contribution in [1.29, 1.82) is 0 Å². The highest BCUT2D eigenvalue weighted by Crippen LogP contribution is 2.28. The molecule has 1 atom stereocenters. The molecular weight excluding hydrogens is 423 g/mol. The van der Waals surface area contributed by atoms with Gasteiger partial charge in [0.25, 0.3) is 5.91 Å². The molecule has 2 amide bonds. The summed E-state index contributed by atoms with van der Waals surface area (Å²) in [7, 11) is 0. The van der Waals surface area contributed by atoms with Crippen LogP contribution in [0.5, 0.6) is 0 Å². The zero-order valence-corrected chi connectivity index (χ0v) is 18.0. The van der Waals surface area contributed by atoms with Crippen LogP contribution in [0.3, 0.4) is 0 Å². The summed E-state index contributed by atoms with van der Waals surface area (Å²) in [6, 6.07) is 17.9. The Morgan fingerprint density at radius 3 is 2.47 bits per heavy atom. The van der Waals surface area contributed by atoms with E-state index in [2.05, 4.69) is 10.6 Å². The van der Waals surface area contributed by atoms with Crippen LogP contribution < -0.4 is 10.6 Å². The molecule has 154 valence electrons. The van der Waals surface area contributed by atoms with Gasteiger partial charge in [-0.05, 0) is 74.0 Å². The van der Waals surface area contributed by atoms with Gasteiger partial charge in [0.1, 0.15) is 5.82 Å². The van der Waals surface area contributed by atoms with Crippen molar-refractivity contribution in [2.75, 3.05) is 10.6 Å². The van der Waals surface area contributed by atoms with Gasteiger partial charge in [-0.3, -0.25) is 9.59 Å². The third kappa shape index (κ3) is 5.84. The van der Waals surface area contributed by atoms with E-state index in [1.165, 1.54) is 36.0 Å². The molecule has 2 N–H and O–H groups in total. The molecule has 0 saturated heterocycles. The second-order valence-electron chi connectivity index (χ2n) is 6.70. The smallest absolute Gasteiger partial charge is 0.255 e. The first-order valence-electron chi connectivity index (χ1n) is 9.22. The second-order valence-corrected chi connectivity index (χ2v) is 8.55. The van der Waals surface area contributed by atoms with Gasteiger partial charge in [0.15, 0.2) is 0 Å². The number of thioether (sulfide) groups is 1. The molecule has 0 aliphatic carbocycles. The Kier molecular flexibility index (Phi) is 7.13. The lowest BCUT2D eigenvalue weighted by Crippen LogP contribution is -2.22. The van der Waals surface area contributed by atoms with Crippen LogP contribution in [0.25, 0.3) is 0 Å². The largest absolute Gasteiger partial charge is 0.325 e. The number of rotatable bonds is 6. The summed E-state index contributed by atoms with van der Waals surface area (Å²) in [6.07, 6.45) is 0. The fraction of sp³-hybridized carbons (Fsp3) is 0.130. The van der Waals surface area contributed by atoms with Crippen molar-refractivity contribution < 1.29 is 14.0 Å². The minimum atomic E-state index is -0.398. The number of benzene rings is 3. The summed E-state index contributed by atoms with van der Waals surface area (Å²) in [5.41, 5.74) is 2.56. The number of amides is 2. The highest BCUT2D eigenvalue weighted by Gasteiger charge is 2.16. The summed E-state index contributed by atoms with van der Waals surface area (Å²) < 4.78 is 13.0. The van der Waals surface area contributed by atoms with Gasteiger partial charge < -0.3 is 10.6 Å². The van der Waals surface area contributed by atoms with Gasteiger partial charge in [0.05, 0.1) is 5.25 Å². The minimum Gasteiger partial charge on any atom is -0.325 e. The average Bonchev–Trinajstić information content (AvgIpc) is 2.71. The molecule has 4 nitrogen and oxygen atoms in total. The Morgan fingerprint density at radius 1 is 1.00 bits per heavy atom. The first-order valence-corrected chi connectivity index (χ1v) is 10.5. The van der Waals surface area contributed by atoms with Gasteiger partial charge in [-0.25, -0.2) is 4.39 Å². The number of halogens is 2. The van der Waals surface area contributed by atoms with Crippen molar-refractivity contribution >= 4 is 46.6 Å². The molecule has 0 radical (unpaired) electrons. The highest BCUT2D eigenvalue weighted by atomic mass is 35.5. The maximum absolute atomic E-state index is 13.0. The van der Waals surface area contributed by atoms with Crippen molar-refractivity contribution in [2.45, 2.75) is 24.0 Å². The molecule has 3 aromatic carbocycles. The highest BCUT2D eigenvalue weighted by molar-refractivity contribution is 8.00. The number of nitrogens with one attached hydrogen (secondary N) is 2. The molecule has 0 aliphatic heterocycles. The van der Waals surface area contributed by atoms with Crippen molar-refractivity contribution in [3.8, 4) is 0 Å². The zero-order chi connectivity index (χ0) is 21.7. The van der Waals surface area contributed by atoms with E-state index < -0.39 is 5.82 Å². The fourth-order valence-electron chi connectivity index (χ4n) is 2.67. The van der Waals surface area contributed by atoms with E-state index in [0.29, 0.717) is 22.0 Å². The van der Waals surface area contributed by atoms with Crippen LogP contribution in [-0.2, 0) is 4.79 Å². The maximum Gasteiger partial charge on any atom is 0.255 e. The lowest BCUT2D eigenvalue weighted by atomic mass is 10.2. The fourth-order valence-corrected chi connectivity index (χ4v) is 3.77. The predicted molar refractivity (Wildman–Crippen MR) is 121 cm³/mol. The quantitative estimate of drug-likeness (QED) is 0.449. The van der Waals surface area contributed by atoms with Gasteiger partial charge in [-0.15, -0.1) is 11.8 Å². The van der Waals surface area contributed by atoms with Crippen LogP contribution in [-0.4, -0.2) is 17.1 Å².